The van der Waals surface area contributed by atoms with Crippen LogP contribution in [0.3, 0.4) is 0 Å². The van der Waals surface area contributed by atoms with Gasteiger partial charge in [0.15, 0.2) is 11.9 Å². The zero-order valence-electron chi connectivity index (χ0n) is 18.3. The molecule has 7 rings (SSSR count). The van der Waals surface area contributed by atoms with Crippen molar-refractivity contribution in [2.75, 3.05) is 0 Å². The third-order valence-corrected chi connectivity index (χ3v) is 8.58. The van der Waals surface area contributed by atoms with Crippen LogP contribution in [0.5, 0.6) is 5.75 Å². The largest absolute Gasteiger partial charge is 0.522 e. The summed E-state index contributed by atoms with van der Waals surface area (Å²) in [6, 6.07) is 5.03. The Hall–Kier alpha value is -1.84. The lowest BCUT2D eigenvalue weighted by molar-refractivity contribution is -0.356. The van der Waals surface area contributed by atoms with Crippen molar-refractivity contribution in [3.05, 3.63) is 28.8 Å². The number of oxime groups is 1. The zero-order chi connectivity index (χ0) is 23.9. The molecule has 0 saturated heterocycles. The Morgan fingerprint density at radius 1 is 1.24 bits per heavy atom. The van der Waals surface area contributed by atoms with Crippen LogP contribution < -0.4 is 4.74 Å². The van der Waals surface area contributed by atoms with Crippen molar-refractivity contribution in [1.82, 2.24) is 0 Å². The van der Waals surface area contributed by atoms with Crippen molar-refractivity contribution in [3.8, 4) is 5.75 Å². The molecule has 4 saturated carbocycles. The van der Waals surface area contributed by atoms with Crippen molar-refractivity contribution in [3.63, 3.8) is 0 Å². The Balaban J connectivity index is 0.988. The number of aliphatic hydroxyl groups is 1. The predicted octanol–water partition coefficient (Wildman–Crippen LogP) is 5.11. The maximum absolute atomic E-state index is 13.0. The monoisotopic (exact) mass is 499 g/mol. The predicted molar refractivity (Wildman–Crippen MR) is 114 cm³/mol. The van der Waals surface area contributed by atoms with Gasteiger partial charge in [-0.15, -0.1) is 13.2 Å². The summed E-state index contributed by atoms with van der Waals surface area (Å²) in [6.07, 6.45) is -2.48. The first kappa shape index (κ1) is 22.6. The fraction of sp³-hybridized carbons (Fsp3) is 0.667. The van der Waals surface area contributed by atoms with Crippen LogP contribution in [-0.2, 0) is 14.4 Å². The second kappa shape index (κ2) is 7.58. The maximum atomic E-state index is 13.0. The first-order chi connectivity index (χ1) is 16.0. The molecule has 2 bridgehead atoms. The second-order valence-corrected chi connectivity index (χ2v) is 11.2. The summed E-state index contributed by atoms with van der Waals surface area (Å²) in [5.41, 5.74) is 1.52. The average Bonchev–Trinajstić information content (AvgIpc) is 3.14. The number of halogens is 4. The first-order valence-electron chi connectivity index (χ1n) is 11.7. The van der Waals surface area contributed by atoms with E-state index >= 15 is 0 Å². The van der Waals surface area contributed by atoms with Crippen LogP contribution in [0.1, 0.15) is 63.0 Å². The van der Waals surface area contributed by atoms with Crippen LogP contribution in [0.4, 0.5) is 13.2 Å². The summed E-state index contributed by atoms with van der Waals surface area (Å²) in [6.45, 7) is 0. The summed E-state index contributed by atoms with van der Waals surface area (Å²) in [5.74, 6) is 0.530. The molecule has 1 aromatic carbocycles. The SMILES string of the molecule is O=C(CC12CC(C3=NOC(C4CC(OC(F)(F)F)C4)C3)(C1)C2)[C@H]1C[C@@H](O)c2cc(Cl)ccc2O1. The van der Waals surface area contributed by atoms with Crippen LogP contribution in [0.15, 0.2) is 23.4 Å². The van der Waals surface area contributed by atoms with Gasteiger partial charge in [-0.3, -0.25) is 9.53 Å². The van der Waals surface area contributed by atoms with Gasteiger partial charge >= 0.3 is 6.36 Å². The molecule has 6 nitrogen and oxygen atoms in total. The number of Topliss-reactive ketones (excluding diaryl/α,β-unsaturated/α-hetero) is 1. The number of fused-ring (bicyclic) bond motifs is 1. The molecule has 6 aliphatic rings. The Morgan fingerprint density at radius 3 is 2.68 bits per heavy atom. The number of alkyl halides is 3. The molecule has 0 radical (unpaired) electrons. The van der Waals surface area contributed by atoms with Crippen molar-refractivity contribution in [1.29, 1.82) is 0 Å². The quantitative estimate of drug-likeness (QED) is 0.588. The van der Waals surface area contributed by atoms with E-state index in [1.807, 2.05) is 0 Å². The third-order valence-electron chi connectivity index (χ3n) is 8.35. The van der Waals surface area contributed by atoms with Crippen LogP contribution >= 0.6 is 11.6 Å². The van der Waals surface area contributed by atoms with Gasteiger partial charge in [-0.1, -0.05) is 16.8 Å². The molecule has 0 spiro atoms. The fourth-order valence-electron chi connectivity index (χ4n) is 6.75. The van der Waals surface area contributed by atoms with Gasteiger partial charge in [0.1, 0.15) is 11.9 Å². The summed E-state index contributed by atoms with van der Waals surface area (Å²) >= 11 is 6.00. The topological polar surface area (TPSA) is 77.4 Å². The highest BCUT2D eigenvalue weighted by Gasteiger charge is 2.71. The van der Waals surface area contributed by atoms with Crippen LogP contribution in [0, 0.1) is 16.7 Å². The molecule has 1 N–H and O–H groups in total. The van der Waals surface area contributed by atoms with Gasteiger partial charge in [0.25, 0.3) is 0 Å². The standard InChI is InChI=1S/C24H25ClF3NO5/c25-13-1-2-18-15(5-13)16(30)6-20(32-18)17(31)8-22-9-23(10-22,11-22)21-7-19(34-29-21)12-3-14(4-12)33-24(26,27)28/h1-2,5,12,14,16,19-20,30H,3-4,6-11H2/t12?,14?,16-,19?,20-,22?,23?/m1/s1. The van der Waals surface area contributed by atoms with Gasteiger partial charge in [-0.05, 0) is 55.7 Å². The molecule has 3 atom stereocenters. The average molecular weight is 500 g/mol. The Bertz CT molecular complexity index is 1030. The highest BCUT2D eigenvalue weighted by Crippen LogP contribution is 2.76. The fourth-order valence-corrected chi connectivity index (χ4v) is 6.93. The van der Waals surface area contributed by atoms with Gasteiger partial charge in [-0.2, -0.15) is 0 Å². The van der Waals surface area contributed by atoms with Gasteiger partial charge in [-0.25, -0.2) is 0 Å². The minimum Gasteiger partial charge on any atom is -0.482 e. The van der Waals surface area contributed by atoms with E-state index in [1.54, 1.807) is 18.2 Å². The lowest BCUT2D eigenvalue weighted by atomic mass is 9.32. The van der Waals surface area contributed by atoms with E-state index < -0.39 is 24.7 Å². The number of carbonyl (C=O) groups is 1. The Kier molecular flexibility index (Phi) is 5.04. The Labute approximate surface area is 199 Å². The molecule has 0 aromatic heterocycles. The lowest BCUT2D eigenvalue weighted by Crippen LogP contribution is -2.66. The van der Waals surface area contributed by atoms with E-state index in [1.165, 1.54) is 0 Å². The molecule has 1 unspecified atom stereocenters. The number of hydrogen-bond donors (Lipinski definition) is 1. The molecule has 4 fully saturated rings. The number of benzene rings is 1. The molecule has 184 valence electrons. The maximum Gasteiger partial charge on any atom is 0.522 e. The first-order valence-corrected chi connectivity index (χ1v) is 12.1. The number of nitrogens with zero attached hydrogens (tertiary/aromatic N) is 1. The number of ketones is 1. The molecule has 10 heteroatoms. The third kappa shape index (κ3) is 3.80. The number of aliphatic hydroxyl groups excluding tert-OH is 1. The van der Waals surface area contributed by atoms with Crippen molar-refractivity contribution in [2.45, 2.75) is 82.1 Å². The molecule has 2 heterocycles. The van der Waals surface area contributed by atoms with E-state index in [4.69, 9.17) is 21.2 Å². The number of rotatable bonds is 6. The molecular weight excluding hydrogens is 475 g/mol. The normalized spacial score (nSPS) is 40.0. The van der Waals surface area contributed by atoms with E-state index in [0.29, 0.717) is 42.0 Å². The zero-order valence-corrected chi connectivity index (χ0v) is 19.1. The van der Waals surface area contributed by atoms with Crippen molar-refractivity contribution < 1.29 is 37.4 Å². The van der Waals surface area contributed by atoms with Crippen molar-refractivity contribution in [2.24, 2.45) is 21.9 Å². The molecule has 34 heavy (non-hydrogen) atoms. The lowest BCUT2D eigenvalue weighted by Gasteiger charge is -2.70. The number of hydrogen-bond acceptors (Lipinski definition) is 6. The van der Waals surface area contributed by atoms with Crippen molar-refractivity contribution >= 4 is 23.1 Å². The smallest absolute Gasteiger partial charge is 0.482 e. The number of carbonyl (C=O) groups excluding carboxylic acids is 1. The van der Waals surface area contributed by atoms with Gasteiger partial charge in [0, 0.05) is 41.2 Å². The molecule has 4 aliphatic carbocycles. The Morgan fingerprint density at radius 2 is 1.97 bits per heavy atom. The summed E-state index contributed by atoms with van der Waals surface area (Å²) in [4.78, 5) is 18.6. The van der Waals surface area contributed by atoms with Gasteiger partial charge in [0.2, 0.25) is 0 Å². The van der Waals surface area contributed by atoms with Crippen LogP contribution in [0.2, 0.25) is 5.02 Å². The minimum atomic E-state index is -4.59. The minimum absolute atomic E-state index is 0.000566. The van der Waals surface area contributed by atoms with Crippen LogP contribution in [-0.4, -0.2) is 41.3 Å². The van der Waals surface area contributed by atoms with Gasteiger partial charge < -0.3 is 14.7 Å². The van der Waals surface area contributed by atoms with E-state index in [0.717, 1.165) is 25.0 Å². The summed E-state index contributed by atoms with van der Waals surface area (Å²) in [7, 11) is 0. The van der Waals surface area contributed by atoms with E-state index in [2.05, 4.69) is 9.89 Å². The van der Waals surface area contributed by atoms with Gasteiger partial charge in [0.05, 0.1) is 17.9 Å². The van der Waals surface area contributed by atoms with E-state index in [-0.39, 0.29) is 35.1 Å². The molecular formula is C24H25ClF3NO5. The molecule has 1 aromatic rings. The highest BCUT2D eigenvalue weighted by molar-refractivity contribution is 6.30. The molecule has 2 aliphatic heterocycles. The van der Waals surface area contributed by atoms with Crippen LogP contribution in [0.25, 0.3) is 0 Å². The highest BCUT2D eigenvalue weighted by atomic mass is 35.5. The summed E-state index contributed by atoms with van der Waals surface area (Å²) < 4.78 is 46.9. The number of ether oxygens (including phenoxy) is 2. The summed E-state index contributed by atoms with van der Waals surface area (Å²) in [5, 5.41) is 15.3. The molecule has 0 amide bonds. The van der Waals surface area contributed by atoms with E-state index in [9.17, 15) is 23.1 Å². The second-order valence-electron chi connectivity index (χ2n) is 10.8.